The molecule has 152 valence electrons. The van der Waals surface area contributed by atoms with E-state index in [9.17, 15) is 4.79 Å². The summed E-state index contributed by atoms with van der Waals surface area (Å²) in [6.45, 7) is 2.42. The van der Waals surface area contributed by atoms with Gasteiger partial charge in [0.25, 0.3) is 5.91 Å². The zero-order valence-electron chi connectivity index (χ0n) is 16.8. The van der Waals surface area contributed by atoms with Crippen molar-refractivity contribution in [2.24, 2.45) is 7.05 Å². The third-order valence-corrected chi connectivity index (χ3v) is 4.38. The lowest BCUT2D eigenvalue weighted by molar-refractivity contribution is -0.123. The highest BCUT2D eigenvalue weighted by molar-refractivity contribution is 5.78. The van der Waals surface area contributed by atoms with Gasteiger partial charge in [-0.1, -0.05) is 12.1 Å². The van der Waals surface area contributed by atoms with Crippen LogP contribution in [0.1, 0.15) is 24.4 Å². The molecule has 0 saturated heterocycles. The maximum absolute atomic E-state index is 12.6. The molecule has 3 aromatic rings. The average molecular weight is 395 g/mol. The first-order valence-corrected chi connectivity index (χ1v) is 9.37. The summed E-state index contributed by atoms with van der Waals surface area (Å²) in [6.07, 6.45) is 3.54. The Hall–Kier alpha value is -3.48. The zero-order valence-corrected chi connectivity index (χ0v) is 16.8. The molecule has 1 unspecified atom stereocenters. The second-order valence-corrected chi connectivity index (χ2v) is 6.36. The van der Waals surface area contributed by atoms with Crippen LogP contribution < -0.4 is 19.5 Å². The first kappa shape index (κ1) is 20.3. The SMILES string of the molecule is CCOc1ccc(OCC(=O)NC(c2ccc(OC)cc2)c2nccn2C)cc1. The number of methoxy groups -OCH3 is 1. The molecular formula is C22H25N3O4. The molecule has 7 nitrogen and oxygen atoms in total. The van der Waals surface area contributed by atoms with Crippen molar-refractivity contribution < 1.29 is 19.0 Å². The number of imidazole rings is 1. The van der Waals surface area contributed by atoms with E-state index in [2.05, 4.69) is 10.3 Å². The number of aryl methyl sites for hydroxylation is 1. The van der Waals surface area contributed by atoms with Crippen molar-refractivity contribution in [3.63, 3.8) is 0 Å². The van der Waals surface area contributed by atoms with Gasteiger partial charge in [-0.25, -0.2) is 4.98 Å². The second kappa shape index (κ2) is 9.64. The van der Waals surface area contributed by atoms with E-state index in [4.69, 9.17) is 14.2 Å². The Morgan fingerprint density at radius 3 is 2.21 bits per heavy atom. The van der Waals surface area contributed by atoms with Crippen molar-refractivity contribution in [3.05, 3.63) is 72.3 Å². The number of carbonyl (C=O) groups excluding carboxylic acids is 1. The number of hydrogen-bond acceptors (Lipinski definition) is 5. The quantitative estimate of drug-likeness (QED) is 0.603. The van der Waals surface area contributed by atoms with E-state index in [1.807, 2.05) is 61.1 Å². The van der Waals surface area contributed by atoms with Crippen LogP contribution in [0.5, 0.6) is 17.2 Å². The van der Waals surface area contributed by atoms with Crippen LogP contribution in [0.2, 0.25) is 0 Å². The van der Waals surface area contributed by atoms with Gasteiger partial charge >= 0.3 is 0 Å². The Balaban J connectivity index is 1.68. The number of aromatic nitrogens is 2. The molecule has 1 atom stereocenters. The minimum absolute atomic E-state index is 0.106. The van der Waals surface area contributed by atoms with E-state index in [0.717, 1.165) is 22.9 Å². The molecule has 7 heteroatoms. The average Bonchev–Trinajstić information content (AvgIpc) is 3.17. The summed E-state index contributed by atoms with van der Waals surface area (Å²) in [5.41, 5.74) is 0.898. The molecule has 3 rings (SSSR count). The number of ether oxygens (including phenoxy) is 3. The van der Waals surface area contributed by atoms with E-state index in [0.29, 0.717) is 12.4 Å². The number of benzene rings is 2. The van der Waals surface area contributed by atoms with Crippen molar-refractivity contribution in [2.45, 2.75) is 13.0 Å². The highest BCUT2D eigenvalue weighted by atomic mass is 16.5. The number of hydrogen-bond donors (Lipinski definition) is 1. The highest BCUT2D eigenvalue weighted by Crippen LogP contribution is 2.23. The Labute approximate surface area is 170 Å². The lowest BCUT2D eigenvalue weighted by Gasteiger charge is -2.19. The first-order valence-electron chi connectivity index (χ1n) is 9.37. The maximum Gasteiger partial charge on any atom is 0.258 e. The normalized spacial score (nSPS) is 11.6. The van der Waals surface area contributed by atoms with Gasteiger partial charge in [0.2, 0.25) is 0 Å². The molecule has 1 N–H and O–H groups in total. The lowest BCUT2D eigenvalue weighted by atomic mass is 10.1. The summed E-state index contributed by atoms with van der Waals surface area (Å²) in [4.78, 5) is 17.0. The Bertz CT molecular complexity index is 920. The van der Waals surface area contributed by atoms with Gasteiger partial charge in [0.1, 0.15) is 29.1 Å². The minimum Gasteiger partial charge on any atom is -0.497 e. The molecule has 1 heterocycles. The highest BCUT2D eigenvalue weighted by Gasteiger charge is 2.21. The van der Waals surface area contributed by atoms with Crippen molar-refractivity contribution in [2.75, 3.05) is 20.3 Å². The fourth-order valence-corrected chi connectivity index (χ4v) is 2.90. The van der Waals surface area contributed by atoms with E-state index >= 15 is 0 Å². The van der Waals surface area contributed by atoms with Gasteiger partial charge in [0.05, 0.1) is 13.7 Å². The lowest BCUT2D eigenvalue weighted by Crippen LogP contribution is -2.34. The van der Waals surface area contributed by atoms with Gasteiger partial charge in [0, 0.05) is 19.4 Å². The molecule has 0 aliphatic rings. The predicted molar refractivity (Wildman–Crippen MR) is 109 cm³/mol. The molecular weight excluding hydrogens is 370 g/mol. The van der Waals surface area contributed by atoms with Gasteiger partial charge in [-0.2, -0.15) is 0 Å². The van der Waals surface area contributed by atoms with Crippen LogP contribution in [-0.2, 0) is 11.8 Å². The number of amides is 1. The number of nitrogens with one attached hydrogen (secondary N) is 1. The smallest absolute Gasteiger partial charge is 0.258 e. The molecule has 1 amide bonds. The van der Waals surface area contributed by atoms with Crippen LogP contribution in [-0.4, -0.2) is 35.8 Å². The van der Waals surface area contributed by atoms with Crippen LogP contribution in [0.4, 0.5) is 0 Å². The fourth-order valence-electron chi connectivity index (χ4n) is 2.90. The summed E-state index contributed by atoms with van der Waals surface area (Å²) < 4.78 is 18.1. The van der Waals surface area contributed by atoms with E-state index in [-0.39, 0.29) is 12.5 Å². The standard InChI is InChI=1S/C22H25N3O4/c1-4-28-18-9-11-19(12-10-18)29-15-20(26)24-21(22-23-13-14-25(22)2)16-5-7-17(27-3)8-6-16/h5-14,21H,4,15H2,1-3H3,(H,24,26). The molecule has 2 aromatic carbocycles. The van der Waals surface area contributed by atoms with Gasteiger partial charge in [-0.05, 0) is 48.9 Å². The third-order valence-electron chi connectivity index (χ3n) is 4.38. The Morgan fingerprint density at radius 2 is 1.66 bits per heavy atom. The monoisotopic (exact) mass is 395 g/mol. The molecule has 0 bridgehead atoms. The van der Waals surface area contributed by atoms with Crippen molar-refractivity contribution in [3.8, 4) is 17.2 Å². The van der Waals surface area contributed by atoms with Crippen molar-refractivity contribution >= 4 is 5.91 Å². The number of nitrogens with zero attached hydrogens (tertiary/aromatic N) is 2. The second-order valence-electron chi connectivity index (χ2n) is 6.36. The van der Waals surface area contributed by atoms with Crippen LogP contribution in [0.3, 0.4) is 0 Å². The van der Waals surface area contributed by atoms with Gasteiger partial charge in [-0.15, -0.1) is 0 Å². The maximum atomic E-state index is 12.6. The van der Waals surface area contributed by atoms with E-state index < -0.39 is 6.04 Å². The van der Waals surface area contributed by atoms with Crippen LogP contribution in [0.25, 0.3) is 0 Å². The molecule has 0 saturated carbocycles. The zero-order chi connectivity index (χ0) is 20.6. The summed E-state index contributed by atoms with van der Waals surface area (Å²) in [5.74, 6) is 2.59. The van der Waals surface area contributed by atoms with Crippen molar-refractivity contribution in [1.29, 1.82) is 0 Å². The van der Waals surface area contributed by atoms with Crippen LogP contribution in [0.15, 0.2) is 60.9 Å². The third kappa shape index (κ3) is 5.28. The van der Waals surface area contributed by atoms with Gasteiger partial charge < -0.3 is 24.1 Å². The summed E-state index contributed by atoms with van der Waals surface area (Å²) >= 11 is 0. The van der Waals surface area contributed by atoms with E-state index in [1.165, 1.54) is 0 Å². The Kier molecular flexibility index (Phi) is 6.73. The van der Waals surface area contributed by atoms with Crippen LogP contribution in [0, 0.1) is 0 Å². The molecule has 0 aliphatic heterocycles. The van der Waals surface area contributed by atoms with Crippen molar-refractivity contribution in [1.82, 2.24) is 14.9 Å². The van der Waals surface area contributed by atoms with Gasteiger partial charge in [0.15, 0.2) is 6.61 Å². The number of carbonyl (C=O) groups is 1. The first-order chi connectivity index (χ1) is 14.1. The summed E-state index contributed by atoms with van der Waals surface area (Å²) in [6, 6.07) is 14.3. The minimum atomic E-state index is -0.405. The molecule has 0 radical (unpaired) electrons. The summed E-state index contributed by atoms with van der Waals surface area (Å²) in [5, 5.41) is 3.00. The largest absolute Gasteiger partial charge is 0.497 e. The molecule has 0 fully saturated rings. The van der Waals surface area contributed by atoms with Crippen LogP contribution >= 0.6 is 0 Å². The summed E-state index contributed by atoms with van der Waals surface area (Å²) in [7, 11) is 3.51. The topological polar surface area (TPSA) is 74.6 Å². The molecule has 0 spiro atoms. The molecule has 29 heavy (non-hydrogen) atoms. The van der Waals surface area contributed by atoms with E-state index in [1.54, 1.807) is 25.4 Å². The predicted octanol–water partition coefficient (Wildman–Crippen LogP) is 3.11. The molecule has 0 aliphatic carbocycles. The fraction of sp³-hybridized carbons (Fsp3) is 0.273. The van der Waals surface area contributed by atoms with Gasteiger partial charge in [-0.3, -0.25) is 4.79 Å². The molecule has 1 aromatic heterocycles. The Morgan fingerprint density at radius 1 is 1.03 bits per heavy atom. The number of rotatable bonds is 9.